The highest BCUT2D eigenvalue weighted by Gasteiger charge is 2.31. The topological polar surface area (TPSA) is 205 Å². The van der Waals surface area contributed by atoms with Crippen LogP contribution in [0.15, 0.2) is 42.5 Å². The predicted molar refractivity (Wildman–Crippen MR) is 203 cm³/mol. The molecule has 288 valence electrons. The first kappa shape index (κ1) is 42.3. The zero-order valence-corrected chi connectivity index (χ0v) is 31.1. The number of unbranched alkanes of at least 4 members (excludes halogenated alkanes) is 1. The molecule has 0 aliphatic carbocycles. The smallest absolute Gasteiger partial charge is 0.243 e. The van der Waals surface area contributed by atoms with Crippen LogP contribution in [0.2, 0.25) is 0 Å². The van der Waals surface area contributed by atoms with E-state index in [1.807, 2.05) is 37.4 Å². The van der Waals surface area contributed by atoms with Crippen LogP contribution in [0.5, 0.6) is 5.75 Å². The molecule has 0 unspecified atom stereocenters. The van der Waals surface area contributed by atoms with E-state index >= 15 is 0 Å². The Kier molecular flexibility index (Phi) is 18.5. The number of carbonyl (C=O) groups excluding carboxylic acids is 4. The first-order valence-electron chi connectivity index (χ1n) is 18.5. The molecular formula is C38H60N8O6. The van der Waals surface area contributed by atoms with Gasteiger partial charge in [0.1, 0.15) is 23.9 Å². The Hall–Kier alpha value is -4.08. The fraction of sp³-hybridized carbons (Fsp3) is 0.579. The number of aliphatic hydroxyl groups excluding tert-OH is 1. The largest absolute Gasteiger partial charge is 0.508 e. The van der Waals surface area contributed by atoms with Gasteiger partial charge in [0.05, 0.1) is 12.6 Å². The average Bonchev–Trinajstić information content (AvgIpc) is 3.14. The first-order chi connectivity index (χ1) is 25.1. The fourth-order valence-corrected chi connectivity index (χ4v) is 6.30. The number of aromatic hydroxyl groups is 1. The summed E-state index contributed by atoms with van der Waals surface area (Å²) in [5.74, 6) is -1.66. The monoisotopic (exact) mass is 724 g/mol. The second-order valence-corrected chi connectivity index (χ2v) is 13.4. The van der Waals surface area contributed by atoms with E-state index in [-0.39, 0.29) is 37.1 Å². The van der Waals surface area contributed by atoms with Gasteiger partial charge >= 0.3 is 0 Å². The normalized spacial score (nSPS) is 19.0. The van der Waals surface area contributed by atoms with Gasteiger partial charge in [-0.25, -0.2) is 0 Å². The van der Waals surface area contributed by atoms with Gasteiger partial charge in [0.25, 0.3) is 0 Å². The molecule has 0 fully saturated rings. The summed E-state index contributed by atoms with van der Waals surface area (Å²) in [5, 5.41) is 44.0. The summed E-state index contributed by atoms with van der Waals surface area (Å²) in [5.41, 5.74) is 3.04. The molecule has 3 rings (SSSR count). The molecule has 0 spiro atoms. The van der Waals surface area contributed by atoms with Crippen molar-refractivity contribution < 1.29 is 29.4 Å². The predicted octanol–water partition coefficient (Wildman–Crippen LogP) is 0.0662. The van der Waals surface area contributed by atoms with E-state index in [2.05, 4.69) is 42.5 Å². The highest BCUT2D eigenvalue weighted by Crippen LogP contribution is 2.28. The van der Waals surface area contributed by atoms with E-state index in [9.17, 15) is 29.4 Å². The maximum Gasteiger partial charge on any atom is 0.243 e. The molecule has 1 aliphatic heterocycles. The number of hydrogen-bond donors (Lipinski definition) is 10. The minimum absolute atomic E-state index is 0.00364. The number of rotatable bonds is 19. The van der Waals surface area contributed by atoms with E-state index in [4.69, 9.17) is 0 Å². The van der Waals surface area contributed by atoms with Crippen molar-refractivity contribution in [3.63, 3.8) is 0 Å². The Morgan fingerprint density at radius 3 is 2.31 bits per heavy atom. The van der Waals surface area contributed by atoms with Crippen LogP contribution >= 0.6 is 0 Å². The van der Waals surface area contributed by atoms with Gasteiger partial charge in [-0.2, -0.15) is 0 Å². The number of likely N-dealkylation sites (N-methyl/N-ethyl adjacent to an activating group) is 2. The van der Waals surface area contributed by atoms with Crippen LogP contribution in [0.25, 0.3) is 11.1 Å². The van der Waals surface area contributed by atoms with Gasteiger partial charge in [-0.3, -0.25) is 19.2 Å². The highest BCUT2D eigenvalue weighted by molar-refractivity contribution is 5.95. The number of carbonyl (C=O) groups is 4. The van der Waals surface area contributed by atoms with Crippen molar-refractivity contribution in [2.24, 2.45) is 0 Å². The van der Waals surface area contributed by atoms with Crippen molar-refractivity contribution in [2.45, 2.75) is 88.0 Å². The van der Waals surface area contributed by atoms with Crippen LogP contribution in [0.4, 0.5) is 0 Å². The van der Waals surface area contributed by atoms with E-state index in [1.165, 1.54) is 0 Å². The van der Waals surface area contributed by atoms with E-state index in [0.29, 0.717) is 57.3 Å². The Morgan fingerprint density at radius 2 is 1.60 bits per heavy atom. The second kappa shape index (κ2) is 22.8. The van der Waals surface area contributed by atoms with Crippen LogP contribution in [0, 0.1) is 0 Å². The van der Waals surface area contributed by atoms with Crippen LogP contribution in [0.1, 0.15) is 56.1 Å². The van der Waals surface area contributed by atoms with Crippen molar-refractivity contribution in [1.29, 1.82) is 0 Å². The molecule has 0 saturated carbocycles. The van der Waals surface area contributed by atoms with Gasteiger partial charge in [-0.05, 0) is 114 Å². The molecule has 10 N–H and O–H groups in total. The van der Waals surface area contributed by atoms with Gasteiger partial charge in [-0.15, -0.1) is 0 Å². The Labute approximate surface area is 308 Å². The molecule has 4 amide bonds. The van der Waals surface area contributed by atoms with Crippen molar-refractivity contribution in [3.8, 4) is 16.9 Å². The molecule has 4 bridgehead atoms. The van der Waals surface area contributed by atoms with Crippen molar-refractivity contribution in [2.75, 3.05) is 54.4 Å². The number of aliphatic hydroxyl groups is 1. The second-order valence-electron chi connectivity index (χ2n) is 13.4. The minimum Gasteiger partial charge on any atom is -0.508 e. The summed E-state index contributed by atoms with van der Waals surface area (Å²) in [4.78, 5) is 55.1. The lowest BCUT2D eigenvalue weighted by molar-refractivity contribution is -0.134. The van der Waals surface area contributed by atoms with Crippen LogP contribution in [-0.2, 0) is 32.0 Å². The summed E-state index contributed by atoms with van der Waals surface area (Å²) in [6.07, 6.45) is 4.55. The maximum absolute atomic E-state index is 14.1. The summed E-state index contributed by atoms with van der Waals surface area (Å²) >= 11 is 0. The average molecular weight is 725 g/mol. The third kappa shape index (κ3) is 13.5. The van der Waals surface area contributed by atoms with E-state index < -0.39 is 41.9 Å². The number of phenols is 1. The lowest BCUT2D eigenvalue weighted by Gasteiger charge is -2.26. The highest BCUT2D eigenvalue weighted by atomic mass is 16.3. The molecule has 0 aromatic heterocycles. The molecule has 1 heterocycles. The molecule has 2 aromatic rings. The summed E-state index contributed by atoms with van der Waals surface area (Å²) in [7, 11) is 7.08. The van der Waals surface area contributed by atoms with Crippen LogP contribution in [0.3, 0.4) is 0 Å². The van der Waals surface area contributed by atoms with E-state index in [0.717, 1.165) is 29.5 Å². The number of phenolic OH excluding ortho intramolecular Hbond substituents is 1. The molecule has 5 atom stereocenters. The number of amides is 4. The maximum atomic E-state index is 14.1. The lowest BCUT2D eigenvalue weighted by atomic mass is 9.95. The molecule has 1 aliphatic rings. The quantitative estimate of drug-likeness (QED) is 0.0883. The first-order valence-corrected chi connectivity index (χ1v) is 18.5. The molecular weight excluding hydrogens is 664 g/mol. The van der Waals surface area contributed by atoms with Crippen molar-refractivity contribution >= 4 is 23.6 Å². The van der Waals surface area contributed by atoms with Crippen molar-refractivity contribution in [3.05, 3.63) is 53.6 Å². The third-order valence-corrected chi connectivity index (χ3v) is 9.51. The summed E-state index contributed by atoms with van der Waals surface area (Å²) in [6, 6.07) is 9.32. The van der Waals surface area contributed by atoms with Gasteiger partial charge in [0, 0.05) is 25.4 Å². The number of hydrogen-bond acceptors (Lipinski definition) is 10. The molecule has 14 heteroatoms. The van der Waals surface area contributed by atoms with Gasteiger partial charge < -0.3 is 52.7 Å². The Bertz CT molecular complexity index is 1440. The molecule has 14 nitrogen and oxygen atoms in total. The summed E-state index contributed by atoms with van der Waals surface area (Å²) in [6.45, 7) is 1.74. The van der Waals surface area contributed by atoms with Crippen LogP contribution < -0.4 is 42.5 Å². The van der Waals surface area contributed by atoms with Crippen molar-refractivity contribution in [1.82, 2.24) is 42.5 Å². The lowest BCUT2D eigenvalue weighted by Crippen LogP contribution is -2.58. The Balaban J connectivity index is 1.92. The number of nitrogens with one attached hydrogen (secondary N) is 8. The van der Waals surface area contributed by atoms with E-state index in [1.54, 1.807) is 33.3 Å². The van der Waals surface area contributed by atoms with Crippen LogP contribution in [-0.4, -0.2) is 118 Å². The zero-order chi connectivity index (χ0) is 37.9. The van der Waals surface area contributed by atoms with Gasteiger partial charge in [0.15, 0.2) is 0 Å². The van der Waals surface area contributed by atoms with Gasteiger partial charge in [-0.1, -0.05) is 36.8 Å². The van der Waals surface area contributed by atoms with Gasteiger partial charge in [0.2, 0.25) is 23.6 Å². The number of fused-ring (bicyclic) bond motifs is 5. The number of benzene rings is 2. The molecule has 52 heavy (non-hydrogen) atoms. The molecule has 0 saturated heterocycles. The minimum atomic E-state index is -1.05. The standard InChI is InChI=1S/C38H60N8O6/c1-39-17-8-13-30(35(49)43-19-6-5-12-29(24-47)41-3)44-38(52)33-21-25-10-7-11-26(20-25)27-15-16-34(48)28(22-27)23-32(42-4)37(51)45-31(36(50)46-33)14-9-18-40-2/h7,10-11,15-16,20,22,29-33,39-42,47-48H,5-6,8-9,12-14,17-19,21,23-24H2,1-4H3,(H,43,49)(H,44,52)(H,45,51)(H,46,50)/t29-,30-,31-,32-,33-/m0/s1. The third-order valence-electron chi connectivity index (χ3n) is 9.51. The molecule has 2 aromatic carbocycles. The fourth-order valence-electron chi connectivity index (χ4n) is 6.30. The zero-order valence-electron chi connectivity index (χ0n) is 31.1. The molecule has 0 radical (unpaired) electrons. The summed E-state index contributed by atoms with van der Waals surface area (Å²) < 4.78 is 0. The SMILES string of the molecule is CNCCC[C@H](NC(=O)[C@@H]1Cc2cccc(c2)-c2ccc(O)c(c2)C[C@H](NC)C(=O)N[C@@H](CCCNC)C(=O)N1)C(=O)NCCCC[C@@H](CO)NC. The Morgan fingerprint density at radius 1 is 0.846 bits per heavy atom.